The Morgan fingerprint density at radius 1 is 1.37 bits per heavy atom. The van der Waals surface area contributed by atoms with Gasteiger partial charge in [0.05, 0.1) is 0 Å². The fourth-order valence-corrected chi connectivity index (χ4v) is 2.59. The van der Waals surface area contributed by atoms with Crippen LogP contribution in [0.1, 0.15) is 50.6 Å². The first-order valence-corrected chi connectivity index (χ1v) is 7.77. The number of allylic oxidation sites excluding steroid dienone is 1. The van der Waals surface area contributed by atoms with Gasteiger partial charge in [0.2, 0.25) is 0 Å². The van der Waals surface area contributed by atoms with Crippen LogP contribution in [-0.2, 0) is 0 Å². The molecule has 0 saturated heterocycles. The van der Waals surface area contributed by atoms with Crippen molar-refractivity contribution in [3.63, 3.8) is 0 Å². The third-order valence-electron chi connectivity index (χ3n) is 3.19. The second-order valence-electron chi connectivity index (χ2n) is 4.70. The van der Waals surface area contributed by atoms with Crippen molar-refractivity contribution in [3.05, 3.63) is 46.7 Å². The van der Waals surface area contributed by atoms with Gasteiger partial charge in [-0.1, -0.05) is 41.8 Å². The molecule has 3 heteroatoms. The lowest BCUT2D eigenvalue weighted by Crippen LogP contribution is -2.22. The molecule has 0 aliphatic rings. The molecule has 0 aliphatic carbocycles. The van der Waals surface area contributed by atoms with Crippen molar-refractivity contribution in [1.29, 1.82) is 0 Å². The normalized spacial score (nSPS) is 12.4. The Morgan fingerprint density at radius 2 is 2.16 bits per heavy atom. The molecule has 1 unspecified atom stereocenters. The van der Waals surface area contributed by atoms with Crippen molar-refractivity contribution in [1.82, 2.24) is 5.32 Å². The molecule has 0 radical (unpaired) electrons. The molecule has 106 valence electrons. The van der Waals surface area contributed by atoms with E-state index in [1.54, 1.807) is 6.07 Å². The molecule has 1 aromatic carbocycles. The van der Waals surface area contributed by atoms with E-state index in [0.29, 0.717) is 0 Å². The molecule has 0 aromatic heterocycles. The quantitative estimate of drug-likeness (QED) is 0.474. The van der Waals surface area contributed by atoms with E-state index in [0.717, 1.165) is 35.8 Å². The maximum atomic E-state index is 13.9. The number of unbranched alkanes of at least 4 members (excludes halogenated alkanes) is 3. The van der Waals surface area contributed by atoms with Crippen LogP contribution in [0, 0.1) is 5.82 Å². The molecule has 0 spiro atoms. The van der Waals surface area contributed by atoms with Gasteiger partial charge in [0, 0.05) is 16.1 Å². The van der Waals surface area contributed by atoms with E-state index in [-0.39, 0.29) is 11.9 Å². The van der Waals surface area contributed by atoms with Crippen LogP contribution in [0.4, 0.5) is 4.39 Å². The van der Waals surface area contributed by atoms with Crippen molar-refractivity contribution >= 4 is 15.9 Å². The van der Waals surface area contributed by atoms with Crippen LogP contribution in [0.2, 0.25) is 0 Å². The first-order chi connectivity index (χ1) is 9.19. The largest absolute Gasteiger partial charge is 0.310 e. The summed E-state index contributed by atoms with van der Waals surface area (Å²) in [6.45, 7) is 6.63. The minimum absolute atomic E-state index is 0.103. The fourth-order valence-electron chi connectivity index (χ4n) is 2.21. The smallest absolute Gasteiger partial charge is 0.128 e. The predicted octanol–water partition coefficient (Wildman–Crippen LogP) is 5.38. The summed E-state index contributed by atoms with van der Waals surface area (Å²) < 4.78 is 14.8. The van der Waals surface area contributed by atoms with Crippen molar-refractivity contribution in [2.24, 2.45) is 0 Å². The number of nitrogens with one attached hydrogen (secondary N) is 1. The third kappa shape index (κ3) is 5.87. The van der Waals surface area contributed by atoms with E-state index >= 15 is 0 Å². The molecule has 0 bridgehead atoms. The van der Waals surface area contributed by atoms with Crippen LogP contribution in [0.15, 0.2) is 35.3 Å². The Labute approximate surface area is 124 Å². The number of rotatable bonds is 9. The molecule has 1 atom stereocenters. The van der Waals surface area contributed by atoms with Crippen LogP contribution in [-0.4, -0.2) is 6.54 Å². The molecule has 0 heterocycles. The van der Waals surface area contributed by atoms with Gasteiger partial charge in [0.1, 0.15) is 5.82 Å². The lowest BCUT2D eigenvalue weighted by Gasteiger charge is -2.19. The average Bonchev–Trinajstić information content (AvgIpc) is 2.40. The van der Waals surface area contributed by atoms with E-state index in [1.165, 1.54) is 18.9 Å². The highest BCUT2D eigenvalue weighted by Gasteiger charge is 2.14. The minimum Gasteiger partial charge on any atom is -0.310 e. The van der Waals surface area contributed by atoms with Gasteiger partial charge in [0.15, 0.2) is 0 Å². The van der Waals surface area contributed by atoms with Crippen LogP contribution >= 0.6 is 15.9 Å². The van der Waals surface area contributed by atoms with Gasteiger partial charge in [-0.15, -0.1) is 6.58 Å². The number of hydrogen-bond acceptors (Lipinski definition) is 1. The Kier molecular flexibility index (Phi) is 7.99. The molecule has 0 aliphatic heterocycles. The molecule has 1 nitrogen and oxygen atoms in total. The minimum atomic E-state index is -0.125. The van der Waals surface area contributed by atoms with E-state index in [2.05, 4.69) is 34.7 Å². The summed E-state index contributed by atoms with van der Waals surface area (Å²) >= 11 is 3.41. The highest BCUT2D eigenvalue weighted by Crippen LogP contribution is 2.25. The highest BCUT2D eigenvalue weighted by molar-refractivity contribution is 9.10. The number of benzene rings is 1. The van der Waals surface area contributed by atoms with Gasteiger partial charge >= 0.3 is 0 Å². The van der Waals surface area contributed by atoms with E-state index in [9.17, 15) is 4.39 Å². The van der Waals surface area contributed by atoms with Crippen LogP contribution in [0.3, 0.4) is 0 Å². The molecule has 0 amide bonds. The van der Waals surface area contributed by atoms with Gasteiger partial charge in [-0.05, 0) is 44.0 Å². The van der Waals surface area contributed by atoms with Crippen molar-refractivity contribution in [2.45, 2.75) is 45.1 Å². The third-order valence-corrected chi connectivity index (χ3v) is 3.68. The lowest BCUT2D eigenvalue weighted by atomic mass is 9.99. The zero-order chi connectivity index (χ0) is 14.1. The van der Waals surface area contributed by atoms with E-state index in [4.69, 9.17) is 0 Å². The predicted molar refractivity (Wildman–Crippen MR) is 83.8 cm³/mol. The molecule has 1 N–H and O–H groups in total. The monoisotopic (exact) mass is 327 g/mol. The molecule has 0 saturated carbocycles. The Bertz CT molecular complexity index is 392. The van der Waals surface area contributed by atoms with E-state index in [1.807, 2.05) is 12.1 Å². The fraction of sp³-hybridized carbons (Fsp3) is 0.500. The first-order valence-electron chi connectivity index (χ1n) is 6.98. The summed E-state index contributed by atoms with van der Waals surface area (Å²) in [5, 5.41) is 3.38. The topological polar surface area (TPSA) is 12.0 Å². The molecule has 1 aromatic rings. The summed E-state index contributed by atoms with van der Waals surface area (Å²) in [6.07, 6.45) is 7.44. The number of hydrogen-bond donors (Lipinski definition) is 1. The van der Waals surface area contributed by atoms with Crippen molar-refractivity contribution < 1.29 is 4.39 Å². The molecule has 19 heavy (non-hydrogen) atoms. The number of halogens is 2. The van der Waals surface area contributed by atoms with Crippen molar-refractivity contribution in [2.75, 3.05) is 6.54 Å². The highest BCUT2D eigenvalue weighted by atomic mass is 79.9. The summed E-state index contributed by atoms with van der Waals surface area (Å²) in [7, 11) is 0. The second kappa shape index (κ2) is 9.27. The summed E-state index contributed by atoms with van der Waals surface area (Å²) in [5.41, 5.74) is 0.764. The Hall–Kier alpha value is -0.670. The lowest BCUT2D eigenvalue weighted by molar-refractivity contribution is 0.462. The molecular weight excluding hydrogens is 305 g/mol. The maximum Gasteiger partial charge on any atom is 0.128 e. The molecular formula is C16H23BrFN. The summed E-state index contributed by atoms with van der Waals surface area (Å²) in [4.78, 5) is 0. The maximum absolute atomic E-state index is 13.9. The van der Waals surface area contributed by atoms with Gasteiger partial charge in [-0.25, -0.2) is 4.39 Å². The molecule has 1 rings (SSSR count). The zero-order valence-corrected chi connectivity index (χ0v) is 13.2. The zero-order valence-electron chi connectivity index (χ0n) is 11.6. The Balaban J connectivity index is 2.60. The first kappa shape index (κ1) is 16.4. The average molecular weight is 328 g/mol. The SMILES string of the molecule is C=CCCCCCC(NCC)c1cc(Br)ccc1F. The van der Waals surface area contributed by atoms with Crippen molar-refractivity contribution in [3.8, 4) is 0 Å². The standard InChI is InChI=1S/C16H23BrFN/c1-3-5-6-7-8-9-16(19-4-2)14-12-13(17)10-11-15(14)18/h3,10-12,16,19H,1,4-9H2,2H3. The van der Waals surface area contributed by atoms with Gasteiger partial charge in [-0.2, -0.15) is 0 Å². The van der Waals surface area contributed by atoms with Crippen LogP contribution < -0.4 is 5.32 Å². The van der Waals surface area contributed by atoms with E-state index < -0.39 is 0 Å². The van der Waals surface area contributed by atoms with Crippen LogP contribution in [0.25, 0.3) is 0 Å². The van der Waals surface area contributed by atoms with Gasteiger partial charge in [-0.3, -0.25) is 0 Å². The van der Waals surface area contributed by atoms with Gasteiger partial charge in [0.25, 0.3) is 0 Å². The van der Waals surface area contributed by atoms with Gasteiger partial charge < -0.3 is 5.32 Å². The molecule has 0 fully saturated rings. The second-order valence-corrected chi connectivity index (χ2v) is 5.62. The summed E-state index contributed by atoms with van der Waals surface area (Å²) in [5.74, 6) is -0.125. The Morgan fingerprint density at radius 3 is 2.84 bits per heavy atom. The van der Waals surface area contributed by atoms with Crippen LogP contribution in [0.5, 0.6) is 0 Å². The summed E-state index contributed by atoms with van der Waals surface area (Å²) in [6, 6.07) is 5.26.